The highest BCUT2D eigenvalue weighted by molar-refractivity contribution is 7.99. The van der Waals surface area contributed by atoms with E-state index in [0.717, 1.165) is 44.8 Å². The van der Waals surface area contributed by atoms with Crippen molar-refractivity contribution >= 4 is 30.1 Å². The minimum absolute atomic E-state index is 0. The van der Waals surface area contributed by atoms with Gasteiger partial charge in [0.2, 0.25) is 0 Å². The number of likely N-dealkylation sites (N-methyl/N-ethyl adjacent to an activating group) is 1. The standard InChI is InChI=1S/C17H26N2O2S.ClH/c1-2-19(14-17(20)21)15-8-10-18(11-9-15)12-13-22-16-6-4-3-5-7-16;/h3-7,15H,2,8-14H2,1H3,(H,20,21);1H. The van der Waals surface area contributed by atoms with Crippen LogP contribution >= 0.6 is 24.2 Å². The quantitative estimate of drug-likeness (QED) is 0.723. The van der Waals surface area contributed by atoms with Gasteiger partial charge >= 0.3 is 5.97 Å². The number of likely N-dealkylation sites (tertiary alicyclic amines) is 1. The molecule has 0 unspecified atom stereocenters. The topological polar surface area (TPSA) is 43.8 Å². The molecular weight excluding hydrogens is 332 g/mol. The summed E-state index contributed by atoms with van der Waals surface area (Å²) in [6.07, 6.45) is 2.16. The fourth-order valence-electron chi connectivity index (χ4n) is 2.99. The van der Waals surface area contributed by atoms with E-state index in [1.54, 1.807) is 0 Å². The van der Waals surface area contributed by atoms with Gasteiger partial charge in [0, 0.05) is 23.2 Å². The molecular formula is C17H27ClN2O2S. The van der Waals surface area contributed by atoms with E-state index in [1.807, 2.05) is 24.8 Å². The fraction of sp³-hybridized carbons (Fsp3) is 0.588. The Labute approximate surface area is 149 Å². The number of carbonyl (C=O) groups is 1. The first-order valence-electron chi connectivity index (χ1n) is 8.05. The van der Waals surface area contributed by atoms with Gasteiger partial charge in [0.15, 0.2) is 0 Å². The molecule has 0 spiro atoms. The molecule has 0 saturated carbocycles. The average Bonchev–Trinajstić information content (AvgIpc) is 2.54. The molecule has 2 rings (SSSR count). The van der Waals surface area contributed by atoms with Crippen LogP contribution in [0.15, 0.2) is 35.2 Å². The molecule has 1 fully saturated rings. The van der Waals surface area contributed by atoms with Crippen molar-refractivity contribution in [2.45, 2.75) is 30.7 Å². The Morgan fingerprint density at radius 3 is 2.52 bits per heavy atom. The van der Waals surface area contributed by atoms with Gasteiger partial charge in [-0.1, -0.05) is 25.1 Å². The normalized spacial score (nSPS) is 16.3. The van der Waals surface area contributed by atoms with E-state index < -0.39 is 5.97 Å². The lowest BCUT2D eigenvalue weighted by molar-refractivity contribution is -0.139. The smallest absolute Gasteiger partial charge is 0.317 e. The third-order valence-electron chi connectivity index (χ3n) is 4.24. The number of aliphatic carboxylic acids is 1. The molecule has 0 atom stereocenters. The van der Waals surface area contributed by atoms with Gasteiger partial charge in [-0.2, -0.15) is 0 Å². The molecule has 6 heteroatoms. The minimum atomic E-state index is -0.719. The number of carboxylic acids is 1. The Balaban J connectivity index is 0.00000264. The summed E-state index contributed by atoms with van der Waals surface area (Å²) in [6.45, 7) is 6.31. The Morgan fingerprint density at radius 2 is 1.96 bits per heavy atom. The molecule has 0 amide bonds. The van der Waals surface area contributed by atoms with Gasteiger partial charge in [0.25, 0.3) is 0 Å². The monoisotopic (exact) mass is 358 g/mol. The number of carboxylic acid groups (broad SMARTS) is 1. The van der Waals surface area contributed by atoms with Crippen molar-refractivity contribution in [2.75, 3.05) is 38.5 Å². The molecule has 0 bridgehead atoms. The van der Waals surface area contributed by atoms with Crippen molar-refractivity contribution in [3.8, 4) is 0 Å². The molecule has 1 aliphatic rings. The molecule has 1 N–H and O–H groups in total. The molecule has 1 aliphatic heterocycles. The lowest BCUT2D eigenvalue weighted by atomic mass is 10.0. The van der Waals surface area contributed by atoms with E-state index in [0.29, 0.717) is 6.04 Å². The molecule has 0 aliphatic carbocycles. The van der Waals surface area contributed by atoms with Gasteiger partial charge in [0.05, 0.1) is 6.54 Å². The molecule has 130 valence electrons. The molecule has 1 saturated heterocycles. The summed E-state index contributed by atoms with van der Waals surface area (Å²) < 4.78 is 0. The highest BCUT2D eigenvalue weighted by Gasteiger charge is 2.24. The minimum Gasteiger partial charge on any atom is -0.480 e. The van der Waals surface area contributed by atoms with Gasteiger partial charge in [-0.05, 0) is 44.6 Å². The zero-order valence-electron chi connectivity index (χ0n) is 13.7. The zero-order chi connectivity index (χ0) is 15.8. The van der Waals surface area contributed by atoms with Crippen molar-refractivity contribution in [2.24, 2.45) is 0 Å². The fourth-order valence-corrected chi connectivity index (χ4v) is 3.93. The highest BCUT2D eigenvalue weighted by Crippen LogP contribution is 2.20. The maximum absolute atomic E-state index is 10.9. The van der Waals surface area contributed by atoms with Crippen LogP contribution in [0.4, 0.5) is 0 Å². The molecule has 1 heterocycles. The third kappa shape index (κ3) is 7.12. The summed E-state index contributed by atoms with van der Waals surface area (Å²) in [4.78, 5) is 16.8. The van der Waals surface area contributed by atoms with E-state index in [9.17, 15) is 4.79 Å². The van der Waals surface area contributed by atoms with E-state index in [-0.39, 0.29) is 19.0 Å². The van der Waals surface area contributed by atoms with Crippen LogP contribution in [0.5, 0.6) is 0 Å². The van der Waals surface area contributed by atoms with Gasteiger partial charge in [0.1, 0.15) is 0 Å². The molecule has 1 aromatic rings. The van der Waals surface area contributed by atoms with Gasteiger partial charge in [-0.3, -0.25) is 9.69 Å². The maximum atomic E-state index is 10.9. The third-order valence-corrected chi connectivity index (χ3v) is 5.23. The van der Waals surface area contributed by atoms with Crippen molar-refractivity contribution in [3.05, 3.63) is 30.3 Å². The van der Waals surface area contributed by atoms with Crippen LogP contribution in [-0.2, 0) is 4.79 Å². The zero-order valence-corrected chi connectivity index (χ0v) is 15.3. The van der Waals surface area contributed by atoms with Crippen LogP contribution in [0.1, 0.15) is 19.8 Å². The van der Waals surface area contributed by atoms with Crippen LogP contribution in [-0.4, -0.2) is 65.4 Å². The summed E-state index contributed by atoms with van der Waals surface area (Å²) in [6, 6.07) is 10.9. The number of halogens is 1. The number of piperidine rings is 1. The van der Waals surface area contributed by atoms with Crippen LogP contribution in [0.2, 0.25) is 0 Å². The molecule has 23 heavy (non-hydrogen) atoms. The lowest BCUT2D eigenvalue weighted by Crippen LogP contribution is -2.46. The summed E-state index contributed by atoms with van der Waals surface area (Å²) >= 11 is 1.90. The summed E-state index contributed by atoms with van der Waals surface area (Å²) in [5.41, 5.74) is 0. The maximum Gasteiger partial charge on any atom is 0.317 e. The van der Waals surface area contributed by atoms with Crippen molar-refractivity contribution in [1.82, 2.24) is 9.80 Å². The molecule has 0 aromatic heterocycles. The number of benzene rings is 1. The van der Waals surface area contributed by atoms with Crippen molar-refractivity contribution < 1.29 is 9.90 Å². The van der Waals surface area contributed by atoms with E-state index in [1.165, 1.54) is 4.90 Å². The second-order valence-electron chi connectivity index (χ2n) is 5.69. The lowest BCUT2D eigenvalue weighted by Gasteiger charge is -2.37. The first kappa shape index (κ1) is 20.3. The van der Waals surface area contributed by atoms with Crippen LogP contribution in [0.25, 0.3) is 0 Å². The van der Waals surface area contributed by atoms with Crippen molar-refractivity contribution in [3.63, 3.8) is 0 Å². The second-order valence-corrected chi connectivity index (χ2v) is 6.86. The van der Waals surface area contributed by atoms with E-state index >= 15 is 0 Å². The highest BCUT2D eigenvalue weighted by atomic mass is 35.5. The number of rotatable bonds is 8. The number of hydrogen-bond donors (Lipinski definition) is 1. The second kappa shape index (κ2) is 10.9. The van der Waals surface area contributed by atoms with Gasteiger partial charge in [-0.25, -0.2) is 0 Å². The van der Waals surface area contributed by atoms with E-state index in [2.05, 4.69) is 34.1 Å². The Bertz CT molecular complexity index is 453. The van der Waals surface area contributed by atoms with Gasteiger partial charge in [-0.15, -0.1) is 24.2 Å². The molecule has 1 aromatic carbocycles. The summed E-state index contributed by atoms with van der Waals surface area (Å²) in [5, 5.41) is 8.97. The van der Waals surface area contributed by atoms with Crippen LogP contribution in [0, 0.1) is 0 Å². The molecule has 4 nitrogen and oxygen atoms in total. The SMILES string of the molecule is CCN(CC(=O)O)C1CCN(CCSc2ccccc2)CC1.Cl. The first-order valence-corrected chi connectivity index (χ1v) is 9.03. The van der Waals surface area contributed by atoms with Crippen LogP contribution < -0.4 is 0 Å². The van der Waals surface area contributed by atoms with Crippen LogP contribution in [0.3, 0.4) is 0 Å². The predicted octanol–water partition coefficient (Wildman–Crippen LogP) is 3.07. The number of hydrogen-bond acceptors (Lipinski definition) is 4. The Kier molecular flexibility index (Phi) is 9.63. The Morgan fingerprint density at radius 1 is 1.30 bits per heavy atom. The Hall–Kier alpha value is -0.750. The number of nitrogens with zero attached hydrogens (tertiary/aromatic N) is 2. The van der Waals surface area contributed by atoms with Crippen molar-refractivity contribution in [1.29, 1.82) is 0 Å². The summed E-state index contributed by atoms with van der Waals surface area (Å²) in [7, 11) is 0. The average molecular weight is 359 g/mol. The first-order chi connectivity index (χ1) is 10.7. The number of thioether (sulfide) groups is 1. The largest absolute Gasteiger partial charge is 0.480 e. The van der Waals surface area contributed by atoms with E-state index in [4.69, 9.17) is 5.11 Å². The summed E-state index contributed by atoms with van der Waals surface area (Å²) in [5.74, 6) is 0.393. The predicted molar refractivity (Wildman–Crippen MR) is 98.8 cm³/mol. The molecule has 0 radical (unpaired) electrons. The van der Waals surface area contributed by atoms with Gasteiger partial charge < -0.3 is 10.0 Å².